The first-order valence-electron chi connectivity index (χ1n) is 7.11. The number of hydrogen-bond acceptors (Lipinski definition) is 3. The number of benzene rings is 1. The van der Waals surface area contributed by atoms with Gasteiger partial charge in [0.2, 0.25) is 5.91 Å². The Kier molecular flexibility index (Phi) is 5.08. The van der Waals surface area contributed by atoms with E-state index in [1.165, 1.54) is 6.92 Å². The number of carbonyl (C=O) groups is 1. The number of hydrogen-bond donors (Lipinski definition) is 3. The molecule has 0 saturated carbocycles. The molecule has 2 aromatic rings. The summed E-state index contributed by atoms with van der Waals surface area (Å²) in [5.74, 6) is -1.39. The molecule has 0 saturated heterocycles. The minimum absolute atomic E-state index is 0.470. The van der Waals surface area contributed by atoms with Crippen LogP contribution in [0, 0.1) is 5.92 Å². The van der Waals surface area contributed by atoms with Crippen molar-refractivity contribution in [1.82, 2.24) is 4.98 Å². The van der Waals surface area contributed by atoms with E-state index in [9.17, 15) is 22.8 Å². The third-order valence-electron chi connectivity index (χ3n) is 3.63. The first-order chi connectivity index (χ1) is 11.2. The van der Waals surface area contributed by atoms with Crippen LogP contribution in [-0.4, -0.2) is 10.9 Å². The van der Waals surface area contributed by atoms with Crippen molar-refractivity contribution in [3.63, 3.8) is 0 Å². The molecule has 0 spiro atoms. The Hall–Kier alpha value is -2.61. The molecule has 2 unspecified atom stereocenters. The largest absolute Gasteiger partial charge is 0.417 e. The maximum absolute atomic E-state index is 12.7. The summed E-state index contributed by atoms with van der Waals surface area (Å²) in [5.41, 5.74) is 4.36. The summed E-state index contributed by atoms with van der Waals surface area (Å²) < 4.78 is 38.1. The Bertz CT molecular complexity index is 772. The van der Waals surface area contributed by atoms with Gasteiger partial charge < -0.3 is 16.0 Å². The van der Waals surface area contributed by atoms with Gasteiger partial charge in [0.05, 0.1) is 11.5 Å². The van der Waals surface area contributed by atoms with Gasteiger partial charge in [0.1, 0.15) is 5.69 Å². The molecular weight excluding hydrogens is 323 g/mol. The van der Waals surface area contributed by atoms with Gasteiger partial charge in [-0.2, -0.15) is 13.2 Å². The second-order valence-electron chi connectivity index (χ2n) is 5.34. The molecule has 2 rings (SSSR count). The normalized spacial score (nSPS) is 14.0. The van der Waals surface area contributed by atoms with Crippen LogP contribution in [0.3, 0.4) is 0 Å². The fourth-order valence-electron chi connectivity index (χ4n) is 2.11. The van der Waals surface area contributed by atoms with E-state index < -0.39 is 40.9 Å². The molecule has 1 aromatic heterocycles. The highest BCUT2D eigenvalue weighted by molar-refractivity contribution is 5.92. The zero-order chi connectivity index (χ0) is 17.9. The highest BCUT2D eigenvalue weighted by Gasteiger charge is 2.32. The predicted molar refractivity (Wildman–Crippen MR) is 83.2 cm³/mol. The summed E-state index contributed by atoms with van der Waals surface area (Å²) in [6.07, 6.45) is -4.08. The average Bonchev–Trinajstić information content (AvgIpc) is 2.55. The molecule has 1 aromatic carbocycles. The van der Waals surface area contributed by atoms with E-state index in [0.717, 1.165) is 0 Å². The van der Waals surface area contributed by atoms with Crippen LogP contribution in [0.15, 0.2) is 47.4 Å². The monoisotopic (exact) mass is 339 g/mol. The lowest BCUT2D eigenvalue weighted by Crippen LogP contribution is -2.32. The first-order valence-corrected chi connectivity index (χ1v) is 7.11. The Morgan fingerprint density at radius 1 is 1.25 bits per heavy atom. The van der Waals surface area contributed by atoms with Crippen LogP contribution in [0.2, 0.25) is 0 Å². The van der Waals surface area contributed by atoms with Gasteiger partial charge in [-0.15, -0.1) is 0 Å². The SMILES string of the molecule is CC(C(=O)Nc1cc(C(F)(F)F)c[nH]c1=O)C(N)c1ccccc1. The summed E-state index contributed by atoms with van der Waals surface area (Å²) >= 11 is 0. The highest BCUT2D eigenvalue weighted by Crippen LogP contribution is 2.29. The molecule has 2 atom stereocenters. The van der Waals surface area contributed by atoms with E-state index in [-0.39, 0.29) is 0 Å². The third-order valence-corrected chi connectivity index (χ3v) is 3.63. The third kappa shape index (κ3) is 4.02. The van der Waals surface area contributed by atoms with E-state index in [0.29, 0.717) is 17.8 Å². The maximum atomic E-state index is 12.7. The molecule has 128 valence electrons. The molecular formula is C16H16F3N3O2. The highest BCUT2D eigenvalue weighted by atomic mass is 19.4. The van der Waals surface area contributed by atoms with Crippen molar-refractivity contribution in [2.45, 2.75) is 19.1 Å². The predicted octanol–water partition coefficient (Wildman–Crippen LogP) is 2.67. The van der Waals surface area contributed by atoms with Gasteiger partial charge in [0.25, 0.3) is 5.56 Å². The van der Waals surface area contributed by atoms with Gasteiger partial charge >= 0.3 is 6.18 Å². The quantitative estimate of drug-likeness (QED) is 0.800. The Labute approximate surface area is 135 Å². The number of nitrogens with two attached hydrogens (primary N) is 1. The van der Waals surface area contributed by atoms with Gasteiger partial charge in [-0.1, -0.05) is 37.3 Å². The van der Waals surface area contributed by atoms with E-state index in [1.54, 1.807) is 30.3 Å². The van der Waals surface area contributed by atoms with Crippen LogP contribution in [0.1, 0.15) is 24.1 Å². The molecule has 24 heavy (non-hydrogen) atoms. The van der Waals surface area contributed by atoms with Crippen molar-refractivity contribution >= 4 is 11.6 Å². The van der Waals surface area contributed by atoms with Crippen LogP contribution < -0.4 is 16.6 Å². The lowest BCUT2D eigenvalue weighted by molar-refractivity contribution is -0.137. The molecule has 1 heterocycles. The molecule has 0 aliphatic rings. The first kappa shape index (κ1) is 17.7. The molecule has 0 fully saturated rings. The van der Waals surface area contributed by atoms with Crippen LogP contribution in [-0.2, 0) is 11.0 Å². The van der Waals surface area contributed by atoms with E-state index in [4.69, 9.17) is 5.73 Å². The number of pyridine rings is 1. The minimum Gasteiger partial charge on any atom is -0.327 e. The number of aromatic amines is 1. The number of halogens is 3. The Balaban J connectivity index is 2.19. The van der Waals surface area contributed by atoms with Crippen molar-refractivity contribution in [2.75, 3.05) is 5.32 Å². The fraction of sp³-hybridized carbons (Fsp3) is 0.250. The molecule has 0 aliphatic carbocycles. The zero-order valence-corrected chi connectivity index (χ0v) is 12.7. The van der Waals surface area contributed by atoms with Crippen LogP contribution in [0.5, 0.6) is 0 Å². The second-order valence-corrected chi connectivity index (χ2v) is 5.34. The summed E-state index contributed by atoms with van der Waals surface area (Å²) in [6.45, 7) is 1.54. The summed E-state index contributed by atoms with van der Waals surface area (Å²) in [6, 6.07) is 8.74. The number of H-pyrrole nitrogens is 1. The number of rotatable bonds is 4. The lowest BCUT2D eigenvalue weighted by atomic mass is 9.94. The lowest BCUT2D eigenvalue weighted by Gasteiger charge is -2.19. The summed E-state index contributed by atoms with van der Waals surface area (Å²) in [7, 11) is 0. The van der Waals surface area contributed by atoms with E-state index in [1.807, 2.05) is 4.98 Å². The summed E-state index contributed by atoms with van der Waals surface area (Å²) in [5, 5.41) is 2.21. The molecule has 8 heteroatoms. The Morgan fingerprint density at radius 2 is 1.88 bits per heavy atom. The van der Waals surface area contributed by atoms with Crippen molar-refractivity contribution in [3.05, 3.63) is 64.1 Å². The smallest absolute Gasteiger partial charge is 0.327 e. The minimum atomic E-state index is -4.63. The van der Waals surface area contributed by atoms with Crippen LogP contribution in [0.25, 0.3) is 0 Å². The number of alkyl halides is 3. The van der Waals surface area contributed by atoms with Gasteiger partial charge in [-0.3, -0.25) is 9.59 Å². The number of carbonyl (C=O) groups excluding carboxylic acids is 1. The topological polar surface area (TPSA) is 88.0 Å². The van der Waals surface area contributed by atoms with E-state index >= 15 is 0 Å². The van der Waals surface area contributed by atoms with E-state index in [2.05, 4.69) is 5.32 Å². The van der Waals surface area contributed by atoms with Crippen molar-refractivity contribution in [3.8, 4) is 0 Å². The zero-order valence-electron chi connectivity index (χ0n) is 12.7. The van der Waals surface area contributed by atoms with Gasteiger partial charge in [0, 0.05) is 12.2 Å². The number of amides is 1. The molecule has 0 aliphatic heterocycles. The Morgan fingerprint density at radius 3 is 2.46 bits per heavy atom. The second kappa shape index (κ2) is 6.88. The van der Waals surface area contributed by atoms with Crippen LogP contribution in [0.4, 0.5) is 18.9 Å². The van der Waals surface area contributed by atoms with Crippen molar-refractivity contribution < 1.29 is 18.0 Å². The van der Waals surface area contributed by atoms with Crippen molar-refractivity contribution in [2.24, 2.45) is 11.7 Å². The maximum Gasteiger partial charge on any atom is 0.417 e. The number of aromatic nitrogens is 1. The fourth-order valence-corrected chi connectivity index (χ4v) is 2.11. The molecule has 0 bridgehead atoms. The number of nitrogens with one attached hydrogen (secondary N) is 2. The van der Waals surface area contributed by atoms with Crippen molar-refractivity contribution in [1.29, 1.82) is 0 Å². The van der Waals surface area contributed by atoms with Gasteiger partial charge in [0.15, 0.2) is 0 Å². The average molecular weight is 339 g/mol. The molecule has 4 N–H and O–H groups in total. The van der Waals surface area contributed by atoms with Gasteiger partial charge in [-0.25, -0.2) is 0 Å². The molecule has 1 amide bonds. The van der Waals surface area contributed by atoms with Crippen LogP contribution >= 0.6 is 0 Å². The standard InChI is InChI=1S/C16H16F3N3O2/c1-9(13(20)10-5-3-2-4-6-10)14(23)22-12-7-11(16(17,18)19)8-21-15(12)24/h2-9,13H,20H2,1H3,(H,21,24)(H,22,23). The number of anilines is 1. The molecule has 0 radical (unpaired) electrons. The van der Waals surface area contributed by atoms with Gasteiger partial charge in [-0.05, 0) is 11.6 Å². The molecule has 5 nitrogen and oxygen atoms in total. The summed E-state index contributed by atoms with van der Waals surface area (Å²) in [4.78, 5) is 25.8.